The van der Waals surface area contributed by atoms with E-state index in [-0.39, 0.29) is 17.5 Å². The van der Waals surface area contributed by atoms with Crippen LogP contribution in [0.1, 0.15) is 57.5 Å². The van der Waals surface area contributed by atoms with E-state index in [1.54, 1.807) is 0 Å². The highest BCUT2D eigenvalue weighted by Gasteiger charge is 2.23. The smallest absolute Gasteiger partial charge is 0.165 e. The van der Waals surface area contributed by atoms with Crippen LogP contribution in [-0.4, -0.2) is 11.6 Å². The predicted molar refractivity (Wildman–Crippen MR) is 91.9 cm³/mol. The number of aryl methyl sites for hydroxylation is 2. The van der Waals surface area contributed by atoms with Crippen molar-refractivity contribution in [3.05, 3.63) is 70.8 Å². The minimum atomic E-state index is 0.0108. The van der Waals surface area contributed by atoms with Gasteiger partial charge in [0.15, 0.2) is 11.6 Å². The van der Waals surface area contributed by atoms with Gasteiger partial charge in [0, 0.05) is 23.5 Å². The molecule has 1 unspecified atom stereocenters. The molecule has 0 amide bonds. The largest absolute Gasteiger partial charge is 0.294 e. The fourth-order valence-corrected chi connectivity index (χ4v) is 3.34. The SMILES string of the molecule is Cc1ccc(C(=O)C2CCCC(=O)c3ccccc3CC2)cc1. The van der Waals surface area contributed by atoms with Gasteiger partial charge in [0.2, 0.25) is 0 Å². The van der Waals surface area contributed by atoms with Crippen molar-refractivity contribution in [1.29, 1.82) is 0 Å². The molecule has 0 saturated heterocycles. The minimum absolute atomic E-state index is 0.0108. The zero-order chi connectivity index (χ0) is 16.2. The Morgan fingerprint density at radius 2 is 1.70 bits per heavy atom. The molecule has 1 aliphatic carbocycles. The highest BCUT2D eigenvalue weighted by atomic mass is 16.1. The van der Waals surface area contributed by atoms with Crippen molar-refractivity contribution in [3.63, 3.8) is 0 Å². The number of rotatable bonds is 2. The topological polar surface area (TPSA) is 34.1 Å². The Morgan fingerprint density at radius 3 is 2.48 bits per heavy atom. The van der Waals surface area contributed by atoms with E-state index in [1.165, 1.54) is 0 Å². The van der Waals surface area contributed by atoms with Gasteiger partial charge in [0.05, 0.1) is 0 Å². The number of carbonyl (C=O) groups is 2. The first-order valence-corrected chi connectivity index (χ1v) is 8.37. The van der Waals surface area contributed by atoms with Crippen LogP contribution < -0.4 is 0 Å². The number of ketones is 2. The number of carbonyl (C=O) groups excluding carboxylic acids is 2. The van der Waals surface area contributed by atoms with Crippen molar-refractivity contribution in [3.8, 4) is 0 Å². The number of benzene rings is 2. The summed E-state index contributed by atoms with van der Waals surface area (Å²) in [6.07, 6.45) is 3.73. The lowest BCUT2D eigenvalue weighted by atomic mass is 9.88. The van der Waals surface area contributed by atoms with Gasteiger partial charge in [0.25, 0.3) is 0 Å². The molecule has 0 aliphatic heterocycles. The van der Waals surface area contributed by atoms with Crippen molar-refractivity contribution in [2.75, 3.05) is 0 Å². The molecular formula is C21H22O2. The Balaban J connectivity index is 1.81. The third kappa shape index (κ3) is 3.58. The maximum absolute atomic E-state index is 12.8. The third-order valence-corrected chi connectivity index (χ3v) is 4.74. The summed E-state index contributed by atoms with van der Waals surface area (Å²) < 4.78 is 0. The van der Waals surface area contributed by atoms with Crippen molar-refractivity contribution in [2.24, 2.45) is 5.92 Å². The molecule has 23 heavy (non-hydrogen) atoms. The molecule has 2 aromatic carbocycles. The van der Waals surface area contributed by atoms with Gasteiger partial charge in [-0.15, -0.1) is 0 Å². The van der Waals surface area contributed by atoms with Crippen LogP contribution >= 0.6 is 0 Å². The number of fused-ring (bicyclic) bond motifs is 1. The fraction of sp³-hybridized carbons (Fsp3) is 0.333. The molecule has 0 N–H and O–H groups in total. The van der Waals surface area contributed by atoms with E-state index in [9.17, 15) is 9.59 Å². The maximum Gasteiger partial charge on any atom is 0.165 e. The van der Waals surface area contributed by atoms with E-state index >= 15 is 0 Å². The van der Waals surface area contributed by atoms with Gasteiger partial charge in [-0.25, -0.2) is 0 Å². The molecule has 0 saturated carbocycles. The quantitative estimate of drug-likeness (QED) is 0.747. The summed E-state index contributed by atoms with van der Waals surface area (Å²) >= 11 is 0. The lowest BCUT2D eigenvalue weighted by molar-refractivity contribution is 0.0896. The number of Topliss-reactive ketones (excluding diaryl/α,β-unsaturated/α-hetero) is 2. The monoisotopic (exact) mass is 306 g/mol. The second-order valence-corrected chi connectivity index (χ2v) is 6.44. The lowest BCUT2D eigenvalue weighted by Crippen LogP contribution is -2.15. The molecule has 1 atom stereocenters. The predicted octanol–water partition coefficient (Wildman–Crippen LogP) is 4.79. The molecule has 0 fully saturated rings. The number of hydrogen-bond donors (Lipinski definition) is 0. The van der Waals surface area contributed by atoms with Crippen molar-refractivity contribution in [1.82, 2.24) is 0 Å². The highest BCUT2D eigenvalue weighted by Crippen LogP contribution is 2.26. The van der Waals surface area contributed by atoms with Crippen LogP contribution in [0.4, 0.5) is 0 Å². The van der Waals surface area contributed by atoms with Crippen LogP contribution in [0.15, 0.2) is 48.5 Å². The molecule has 2 aromatic rings. The third-order valence-electron chi connectivity index (χ3n) is 4.74. The first-order chi connectivity index (χ1) is 11.1. The van der Waals surface area contributed by atoms with Crippen LogP contribution in [0.5, 0.6) is 0 Å². The van der Waals surface area contributed by atoms with Crippen LogP contribution in [0.25, 0.3) is 0 Å². The van der Waals surface area contributed by atoms with Gasteiger partial charge in [-0.3, -0.25) is 9.59 Å². The zero-order valence-corrected chi connectivity index (χ0v) is 13.5. The van der Waals surface area contributed by atoms with Crippen LogP contribution in [-0.2, 0) is 6.42 Å². The highest BCUT2D eigenvalue weighted by molar-refractivity contribution is 5.99. The number of hydrogen-bond acceptors (Lipinski definition) is 2. The fourth-order valence-electron chi connectivity index (χ4n) is 3.34. The van der Waals surface area contributed by atoms with E-state index < -0.39 is 0 Å². The second-order valence-electron chi connectivity index (χ2n) is 6.44. The van der Waals surface area contributed by atoms with E-state index in [2.05, 4.69) is 0 Å². The Hall–Kier alpha value is -2.22. The van der Waals surface area contributed by atoms with E-state index in [0.29, 0.717) is 6.42 Å². The molecule has 3 rings (SSSR count). The first kappa shape index (κ1) is 15.7. The summed E-state index contributed by atoms with van der Waals surface area (Å²) in [6, 6.07) is 15.6. The molecule has 0 aromatic heterocycles. The molecule has 0 radical (unpaired) electrons. The maximum atomic E-state index is 12.8. The molecule has 118 valence electrons. The average Bonchev–Trinajstić information content (AvgIpc) is 2.65. The van der Waals surface area contributed by atoms with Crippen LogP contribution in [0.3, 0.4) is 0 Å². The summed E-state index contributed by atoms with van der Waals surface area (Å²) in [6.45, 7) is 2.02. The van der Waals surface area contributed by atoms with Crippen molar-refractivity contribution in [2.45, 2.75) is 39.0 Å². The summed E-state index contributed by atoms with van der Waals surface area (Å²) in [5, 5.41) is 0. The van der Waals surface area contributed by atoms with Gasteiger partial charge in [0.1, 0.15) is 0 Å². The molecule has 1 aliphatic rings. The van der Waals surface area contributed by atoms with Crippen molar-refractivity contribution < 1.29 is 9.59 Å². The Kier molecular flexibility index (Phi) is 4.71. The van der Waals surface area contributed by atoms with Gasteiger partial charge < -0.3 is 0 Å². The molecule has 2 nitrogen and oxygen atoms in total. The molecule has 0 bridgehead atoms. The van der Waals surface area contributed by atoms with Gasteiger partial charge in [-0.1, -0.05) is 54.1 Å². The van der Waals surface area contributed by atoms with Gasteiger partial charge in [-0.05, 0) is 38.2 Å². The molecule has 2 heteroatoms. The van der Waals surface area contributed by atoms with Crippen molar-refractivity contribution >= 4 is 11.6 Å². The summed E-state index contributed by atoms with van der Waals surface area (Å²) in [5.74, 6) is 0.442. The van der Waals surface area contributed by atoms with Gasteiger partial charge >= 0.3 is 0 Å². The minimum Gasteiger partial charge on any atom is -0.294 e. The average molecular weight is 306 g/mol. The van der Waals surface area contributed by atoms with Gasteiger partial charge in [-0.2, -0.15) is 0 Å². The molecule has 0 spiro atoms. The normalized spacial score (nSPS) is 18.5. The van der Waals surface area contributed by atoms with E-state index in [1.807, 2.05) is 55.5 Å². The second kappa shape index (κ2) is 6.91. The first-order valence-electron chi connectivity index (χ1n) is 8.37. The van der Waals surface area contributed by atoms with Crippen LogP contribution in [0.2, 0.25) is 0 Å². The standard InChI is InChI=1S/C21H22O2/c1-15-9-11-18(12-10-15)21(23)17-6-4-8-20(22)19-7-3-2-5-16(19)13-14-17/h2-3,5,7,9-12,17H,4,6,8,13-14H2,1H3. The lowest BCUT2D eigenvalue weighted by Gasteiger charge is -2.15. The van der Waals surface area contributed by atoms with E-state index in [0.717, 1.165) is 47.9 Å². The molecule has 0 heterocycles. The Morgan fingerprint density at radius 1 is 0.957 bits per heavy atom. The Bertz CT molecular complexity index is 713. The summed E-state index contributed by atoms with van der Waals surface area (Å²) in [4.78, 5) is 25.1. The Labute approximate surface area is 137 Å². The van der Waals surface area contributed by atoms with E-state index in [4.69, 9.17) is 0 Å². The summed E-state index contributed by atoms with van der Waals surface area (Å²) in [7, 11) is 0. The molecular weight excluding hydrogens is 284 g/mol. The zero-order valence-electron chi connectivity index (χ0n) is 13.5. The summed E-state index contributed by atoms with van der Waals surface area (Å²) in [5.41, 5.74) is 3.88. The van der Waals surface area contributed by atoms with Crippen LogP contribution in [0, 0.1) is 12.8 Å².